The number of hydrogen-bond donors (Lipinski definition) is 0. The Hall–Kier alpha value is -0.0600. The van der Waals surface area contributed by atoms with Gasteiger partial charge in [-0.15, -0.1) is 0 Å². The van der Waals surface area contributed by atoms with E-state index in [9.17, 15) is 0 Å². The van der Waals surface area contributed by atoms with Crippen molar-refractivity contribution in [3.63, 3.8) is 0 Å². The van der Waals surface area contributed by atoms with E-state index in [4.69, 9.17) is 11.8 Å². The number of rotatable bonds is 9. The molecule has 0 aliphatic rings. The van der Waals surface area contributed by atoms with E-state index in [0.717, 1.165) is 26.2 Å². The van der Waals surface area contributed by atoms with Crippen molar-refractivity contribution in [2.24, 2.45) is 5.10 Å². The number of allylic oxidation sites excluding steroid dienone is 2. The molecular formula is C15H34N4PS+. The second-order valence-electron chi connectivity index (χ2n) is 5.84. The predicted molar refractivity (Wildman–Crippen MR) is 100 cm³/mol. The highest BCUT2D eigenvalue weighted by Crippen LogP contribution is 2.59. The first-order valence-electron chi connectivity index (χ1n) is 7.82. The van der Waals surface area contributed by atoms with Crippen LogP contribution in [0.2, 0.25) is 0 Å². The molecule has 0 aromatic heterocycles. The highest BCUT2D eigenvalue weighted by molar-refractivity contribution is 8.14. The van der Waals surface area contributed by atoms with E-state index in [1.54, 1.807) is 0 Å². The van der Waals surface area contributed by atoms with Crippen LogP contribution in [0.25, 0.3) is 0 Å². The van der Waals surface area contributed by atoms with E-state index >= 15 is 0 Å². The molecule has 0 saturated carbocycles. The van der Waals surface area contributed by atoms with Crippen molar-refractivity contribution in [2.75, 3.05) is 47.3 Å². The summed E-state index contributed by atoms with van der Waals surface area (Å²) in [6, 6.07) is 0. The van der Waals surface area contributed by atoms with Crippen LogP contribution < -0.4 is 0 Å². The highest BCUT2D eigenvalue weighted by Gasteiger charge is 2.30. The third kappa shape index (κ3) is 5.91. The fourth-order valence-electron chi connectivity index (χ4n) is 2.28. The van der Waals surface area contributed by atoms with Gasteiger partial charge in [0.15, 0.2) is 0 Å². The maximum Gasteiger partial charge on any atom is 0.102 e. The van der Waals surface area contributed by atoms with Gasteiger partial charge >= 0.3 is 0 Å². The Balaban J connectivity index is 5.65. The standard InChI is InChI=1S/C15H34N4PS/c1-9-17(10-2)20(21,18(11-3)12-4)15(5)13-14-16-19(6,7)8/h13-14H,9-12H2,1-8H3/q+1/b15-13+,16-14+. The Morgan fingerprint density at radius 3 is 1.67 bits per heavy atom. The highest BCUT2D eigenvalue weighted by atomic mass is 32.4. The Morgan fingerprint density at radius 2 is 1.38 bits per heavy atom. The van der Waals surface area contributed by atoms with E-state index in [1.807, 2.05) is 27.4 Å². The molecule has 0 N–H and O–H groups in total. The maximum absolute atomic E-state index is 6.20. The van der Waals surface area contributed by atoms with Gasteiger partial charge in [-0.3, -0.25) is 9.34 Å². The summed E-state index contributed by atoms with van der Waals surface area (Å²) in [4.78, 5) is 0. The largest absolute Gasteiger partial charge is 0.261 e. The molecule has 124 valence electrons. The molecule has 0 bridgehead atoms. The van der Waals surface area contributed by atoms with Crippen LogP contribution in [-0.4, -0.2) is 67.5 Å². The number of nitrogens with zero attached hydrogens (tertiary/aromatic N) is 4. The third-order valence-corrected chi connectivity index (χ3v) is 9.40. The summed E-state index contributed by atoms with van der Waals surface area (Å²) in [5.41, 5.74) is 0. The smallest absolute Gasteiger partial charge is 0.102 e. The Labute approximate surface area is 137 Å². The SMILES string of the molecule is CCN(CC)P(=S)(/C(C)=C/C=N/[N+](C)(C)C)N(CC)CC. The van der Waals surface area contributed by atoms with Gasteiger partial charge in [0.25, 0.3) is 0 Å². The summed E-state index contributed by atoms with van der Waals surface area (Å²) in [6.45, 7) is 14.9. The average molecular weight is 334 g/mol. The molecule has 0 rings (SSSR count). The fourth-order valence-corrected chi connectivity index (χ4v) is 6.89. The minimum absolute atomic E-state index is 0.573. The minimum atomic E-state index is -1.85. The lowest BCUT2D eigenvalue weighted by Gasteiger charge is -2.42. The summed E-state index contributed by atoms with van der Waals surface area (Å²) < 4.78 is 5.46. The molecule has 0 fully saturated rings. The van der Waals surface area contributed by atoms with Crippen molar-refractivity contribution >= 4 is 24.4 Å². The van der Waals surface area contributed by atoms with Crippen LogP contribution in [0.4, 0.5) is 0 Å². The Morgan fingerprint density at radius 1 is 1.00 bits per heavy atom. The van der Waals surface area contributed by atoms with Crippen LogP contribution in [-0.2, 0) is 11.8 Å². The molecule has 4 nitrogen and oxygen atoms in total. The normalized spacial score (nSPS) is 14.7. The van der Waals surface area contributed by atoms with E-state index < -0.39 is 6.34 Å². The molecule has 0 radical (unpaired) electrons. The van der Waals surface area contributed by atoms with Gasteiger partial charge in [-0.1, -0.05) is 44.6 Å². The van der Waals surface area contributed by atoms with Crippen LogP contribution in [0.5, 0.6) is 0 Å². The molecule has 0 unspecified atom stereocenters. The van der Waals surface area contributed by atoms with Crippen molar-refractivity contribution in [3.8, 4) is 0 Å². The zero-order chi connectivity index (χ0) is 16.7. The molecule has 0 aromatic carbocycles. The summed E-state index contributed by atoms with van der Waals surface area (Å²) in [5, 5.41) is 5.77. The first kappa shape index (κ1) is 20.9. The van der Waals surface area contributed by atoms with Crippen LogP contribution >= 0.6 is 6.34 Å². The minimum Gasteiger partial charge on any atom is -0.261 e. The summed E-state index contributed by atoms with van der Waals surface area (Å²) in [6.07, 6.45) is 2.17. The zero-order valence-electron chi connectivity index (χ0n) is 15.1. The van der Waals surface area contributed by atoms with Crippen LogP contribution in [0, 0.1) is 0 Å². The Bertz CT molecular complexity index is 388. The summed E-state index contributed by atoms with van der Waals surface area (Å²) in [5.74, 6) is 0. The van der Waals surface area contributed by atoms with Gasteiger partial charge in [-0.05, 0) is 18.3 Å². The summed E-state index contributed by atoms with van der Waals surface area (Å²) >= 11 is 6.20. The van der Waals surface area contributed by atoms with Gasteiger partial charge in [0.05, 0.1) is 27.4 Å². The maximum atomic E-state index is 6.20. The molecule has 21 heavy (non-hydrogen) atoms. The topological polar surface area (TPSA) is 18.8 Å². The van der Waals surface area contributed by atoms with Crippen LogP contribution in [0.3, 0.4) is 0 Å². The van der Waals surface area contributed by atoms with E-state index in [1.165, 1.54) is 5.31 Å². The zero-order valence-corrected chi connectivity index (χ0v) is 16.8. The fraction of sp³-hybridized carbons (Fsp3) is 0.800. The lowest BCUT2D eigenvalue weighted by Crippen LogP contribution is -2.32. The second-order valence-corrected chi connectivity index (χ2v) is 10.3. The molecule has 0 aliphatic carbocycles. The van der Waals surface area contributed by atoms with Crippen LogP contribution in [0.15, 0.2) is 16.5 Å². The molecule has 0 aromatic rings. The van der Waals surface area contributed by atoms with Crippen molar-refractivity contribution in [1.29, 1.82) is 0 Å². The molecule has 0 saturated heterocycles. The first-order valence-corrected chi connectivity index (χ1v) is 10.5. The molecule has 0 spiro atoms. The van der Waals surface area contributed by atoms with Crippen molar-refractivity contribution < 1.29 is 4.59 Å². The van der Waals surface area contributed by atoms with Gasteiger partial charge in [-0.25, -0.2) is 4.59 Å². The van der Waals surface area contributed by atoms with Gasteiger partial charge in [0.1, 0.15) is 6.34 Å². The van der Waals surface area contributed by atoms with Gasteiger partial charge < -0.3 is 0 Å². The van der Waals surface area contributed by atoms with E-state index in [0.29, 0.717) is 4.59 Å². The molecule has 0 aliphatic heterocycles. The number of quaternary nitrogens is 1. The van der Waals surface area contributed by atoms with Gasteiger partial charge in [0, 0.05) is 26.2 Å². The molecule has 0 heterocycles. The van der Waals surface area contributed by atoms with Gasteiger partial charge in [-0.2, -0.15) is 0 Å². The van der Waals surface area contributed by atoms with E-state index in [2.05, 4.69) is 55.1 Å². The van der Waals surface area contributed by atoms with E-state index in [-0.39, 0.29) is 0 Å². The molecule has 0 amide bonds. The first-order chi connectivity index (χ1) is 9.67. The molecular weight excluding hydrogens is 299 g/mol. The lowest BCUT2D eigenvalue weighted by molar-refractivity contribution is -0.876. The summed E-state index contributed by atoms with van der Waals surface area (Å²) in [7, 11) is 6.14. The number of hydrogen-bond acceptors (Lipinski definition) is 2. The van der Waals surface area contributed by atoms with Crippen molar-refractivity contribution in [1.82, 2.24) is 9.34 Å². The lowest BCUT2D eigenvalue weighted by atomic mass is 10.5. The van der Waals surface area contributed by atoms with Crippen molar-refractivity contribution in [3.05, 3.63) is 11.4 Å². The quantitative estimate of drug-likeness (QED) is 0.278. The van der Waals surface area contributed by atoms with Gasteiger partial charge in [0.2, 0.25) is 0 Å². The van der Waals surface area contributed by atoms with Crippen molar-refractivity contribution in [2.45, 2.75) is 34.6 Å². The monoisotopic (exact) mass is 333 g/mol. The third-order valence-electron chi connectivity index (χ3n) is 3.42. The van der Waals surface area contributed by atoms with Crippen LogP contribution in [0.1, 0.15) is 34.6 Å². The molecule has 0 atom stereocenters. The molecule has 6 heteroatoms. The Kier molecular flexibility index (Phi) is 9.14. The predicted octanol–water partition coefficient (Wildman–Crippen LogP) is 3.58. The second kappa shape index (κ2) is 9.16. The average Bonchev–Trinajstić information content (AvgIpc) is 2.39.